The Bertz CT molecular complexity index is 1420. The van der Waals surface area contributed by atoms with Gasteiger partial charge in [-0.05, 0) is 35.0 Å². The lowest BCUT2D eigenvalue weighted by atomic mass is 10.1. The molecular formula is C26H18N4OS4. The highest BCUT2D eigenvalue weighted by Gasteiger charge is 2.16. The molecule has 0 N–H and O–H groups in total. The second-order valence-electron chi connectivity index (χ2n) is 7.45. The van der Waals surface area contributed by atoms with Crippen molar-refractivity contribution in [3.63, 3.8) is 0 Å². The Hall–Kier alpha value is -3.08. The van der Waals surface area contributed by atoms with Crippen LogP contribution in [0.3, 0.4) is 0 Å². The third kappa shape index (κ3) is 4.61. The van der Waals surface area contributed by atoms with Crippen molar-refractivity contribution < 1.29 is 3.63 Å². The minimum atomic E-state index is 1.09. The van der Waals surface area contributed by atoms with Crippen LogP contribution >= 0.6 is 46.8 Å². The molecule has 0 radical (unpaired) electrons. The molecule has 2 aromatic carbocycles. The van der Waals surface area contributed by atoms with E-state index in [-0.39, 0.29) is 0 Å². The lowest BCUT2D eigenvalue weighted by Crippen LogP contribution is -1.93. The number of nitrogens with zero attached hydrogens (tertiary/aromatic N) is 4. The molecule has 4 heterocycles. The van der Waals surface area contributed by atoms with Crippen LogP contribution in [0.4, 0.5) is 0 Å². The van der Waals surface area contributed by atoms with Gasteiger partial charge in [0.05, 0.1) is 56.5 Å². The van der Waals surface area contributed by atoms with Crippen LogP contribution in [-0.4, -0.2) is 19.1 Å². The van der Waals surface area contributed by atoms with Crippen LogP contribution in [0.25, 0.3) is 33.6 Å². The van der Waals surface area contributed by atoms with Crippen LogP contribution in [-0.2, 0) is 3.63 Å². The first-order valence-corrected chi connectivity index (χ1v) is 13.9. The lowest BCUT2D eigenvalue weighted by molar-refractivity contribution is 0.761. The van der Waals surface area contributed by atoms with E-state index in [1.165, 1.54) is 24.1 Å². The van der Waals surface area contributed by atoms with Crippen LogP contribution in [0.1, 0.15) is 0 Å². The topological polar surface area (TPSA) is 44.9 Å². The summed E-state index contributed by atoms with van der Waals surface area (Å²) in [5.74, 6) is 0. The summed E-state index contributed by atoms with van der Waals surface area (Å²) in [6.07, 6.45) is 11.2. The molecule has 0 atom stereocenters. The van der Waals surface area contributed by atoms with Crippen molar-refractivity contribution >= 4 is 46.8 Å². The van der Waals surface area contributed by atoms with Crippen LogP contribution in [0.5, 0.6) is 0 Å². The number of thiophene rings is 2. The van der Waals surface area contributed by atoms with Gasteiger partial charge in [0.25, 0.3) is 0 Å². The number of para-hydroxylation sites is 2. The van der Waals surface area contributed by atoms with Crippen LogP contribution in [0.15, 0.2) is 117 Å². The molecular weight excluding hydrogens is 513 g/mol. The van der Waals surface area contributed by atoms with Crippen LogP contribution in [0, 0.1) is 0 Å². The molecule has 9 heteroatoms. The van der Waals surface area contributed by atoms with Crippen molar-refractivity contribution in [2.75, 3.05) is 0 Å². The van der Waals surface area contributed by atoms with Crippen molar-refractivity contribution in [3.8, 4) is 33.6 Å². The number of imidazole rings is 2. The molecule has 0 aliphatic rings. The SMILES string of the molecule is c1ccc(-n2ccnc2)c(-c2ccsc2SOSc2sccc2-c2ccccc2-n2ccnc2)c1. The van der Waals surface area contributed by atoms with Gasteiger partial charge in [-0.15, -0.1) is 22.7 Å². The van der Waals surface area contributed by atoms with Gasteiger partial charge in [0.1, 0.15) is 0 Å². The normalized spacial score (nSPS) is 11.2. The largest absolute Gasteiger partial charge is 0.306 e. The van der Waals surface area contributed by atoms with Crippen molar-refractivity contribution in [1.82, 2.24) is 19.1 Å². The van der Waals surface area contributed by atoms with E-state index in [4.69, 9.17) is 3.63 Å². The number of hydrogen-bond donors (Lipinski definition) is 0. The number of rotatable bonds is 8. The number of benzene rings is 2. The van der Waals surface area contributed by atoms with E-state index < -0.39 is 0 Å². The summed E-state index contributed by atoms with van der Waals surface area (Å²) in [7, 11) is 0. The molecule has 0 bridgehead atoms. The highest BCUT2D eigenvalue weighted by atomic mass is 32.3. The first kappa shape index (κ1) is 22.4. The zero-order valence-electron chi connectivity index (χ0n) is 18.2. The Morgan fingerprint density at radius 1 is 0.600 bits per heavy atom. The molecule has 0 unspecified atom stereocenters. The van der Waals surface area contributed by atoms with Gasteiger partial charge in [-0.1, -0.05) is 36.4 Å². The van der Waals surface area contributed by atoms with Crippen molar-refractivity contribution in [2.24, 2.45) is 0 Å². The van der Waals surface area contributed by atoms with Crippen molar-refractivity contribution in [1.29, 1.82) is 0 Å². The summed E-state index contributed by atoms with van der Waals surface area (Å²) < 4.78 is 12.4. The summed E-state index contributed by atoms with van der Waals surface area (Å²) in [4.78, 5) is 8.41. The smallest absolute Gasteiger partial charge is 0.0991 e. The Balaban J connectivity index is 1.23. The fourth-order valence-electron chi connectivity index (χ4n) is 3.85. The summed E-state index contributed by atoms with van der Waals surface area (Å²) in [5.41, 5.74) is 6.79. The van der Waals surface area contributed by atoms with Gasteiger partial charge in [0, 0.05) is 47.0 Å². The van der Waals surface area contributed by atoms with Gasteiger partial charge >= 0.3 is 0 Å². The first-order valence-electron chi connectivity index (χ1n) is 10.7. The lowest BCUT2D eigenvalue weighted by Gasteiger charge is -2.11. The van der Waals surface area contributed by atoms with Crippen LogP contribution < -0.4 is 0 Å². The van der Waals surface area contributed by atoms with Gasteiger partial charge in [-0.25, -0.2) is 13.6 Å². The molecule has 0 amide bonds. The third-order valence-corrected chi connectivity index (χ3v) is 9.12. The van der Waals surface area contributed by atoms with Crippen molar-refractivity contribution in [2.45, 2.75) is 8.42 Å². The molecule has 6 aromatic rings. The molecule has 4 aromatic heterocycles. The Labute approximate surface area is 219 Å². The van der Waals surface area contributed by atoms with Gasteiger partial charge in [0.15, 0.2) is 0 Å². The Morgan fingerprint density at radius 3 is 1.54 bits per heavy atom. The molecule has 6 rings (SSSR count). The summed E-state index contributed by atoms with van der Waals surface area (Å²) in [5, 5.41) is 4.21. The van der Waals surface area contributed by atoms with Gasteiger partial charge in [-0.3, -0.25) is 0 Å². The first-order chi connectivity index (χ1) is 17.4. The summed E-state index contributed by atoms with van der Waals surface area (Å²) >= 11 is 6.18. The van der Waals surface area contributed by atoms with E-state index >= 15 is 0 Å². The van der Waals surface area contributed by atoms with E-state index in [0.717, 1.165) is 42.0 Å². The molecule has 5 nitrogen and oxygen atoms in total. The maximum absolute atomic E-state index is 6.12. The standard InChI is InChI=1S/C26H18N4OS4/c1-3-7-23(29-13-11-27-17-29)19(5-1)21-9-15-32-25(21)34-31-35-26-22(10-16-33-26)20-6-2-4-8-24(20)30-14-12-28-18-30/h1-18H. The fourth-order valence-corrected chi connectivity index (χ4v) is 7.43. The second kappa shape index (κ2) is 10.3. The fraction of sp³-hybridized carbons (Fsp3) is 0. The minimum absolute atomic E-state index is 1.09. The summed E-state index contributed by atoms with van der Waals surface area (Å²) in [6, 6.07) is 21.0. The van der Waals surface area contributed by atoms with Crippen molar-refractivity contribution in [3.05, 3.63) is 109 Å². The zero-order valence-corrected chi connectivity index (χ0v) is 21.5. The van der Waals surface area contributed by atoms with Gasteiger partial charge < -0.3 is 9.13 Å². The molecule has 0 fully saturated rings. The average Bonchev–Trinajstić information content (AvgIpc) is 3.71. The van der Waals surface area contributed by atoms with E-state index in [1.807, 2.05) is 46.3 Å². The molecule has 35 heavy (non-hydrogen) atoms. The third-order valence-electron chi connectivity index (χ3n) is 5.43. The van der Waals surface area contributed by atoms with E-state index in [1.54, 1.807) is 35.1 Å². The van der Waals surface area contributed by atoms with Gasteiger partial charge in [0.2, 0.25) is 0 Å². The molecule has 172 valence electrons. The predicted octanol–water partition coefficient (Wildman–Crippen LogP) is 8.25. The maximum Gasteiger partial charge on any atom is 0.0991 e. The summed E-state index contributed by atoms with van der Waals surface area (Å²) in [6.45, 7) is 0. The second-order valence-corrected chi connectivity index (χ2v) is 11.5. The quantitative estimate of drug-likeness (QED) is 0.185. The molecule has 0 aliphatic heterocycles. The number of hydrogen-bond acceptors (Lipinski definition) is 7. The number of aromatic nitrogens is 4. The van der Waals surface area contributed by atoms with E-state index in [2.05, 4.69) is 69.3 Å². The highest BCUT2D eigenvalue weighted by molar-refractivity contribution is 8.09. The van der Waals surface area contributed by atoms with E-state index in [0.29, 0.717) is 0 Å². The molecule has 0 aliphatic carbocycles. The monoisotopic (exact) mass is 530 g/mol. The predicted molar refractivity (Wildman–Crippen MR) is 147 cm³/mol. The molecule has 0 saturated carbocycles. The molecule has 0 spiro atoms. The van der Waals surface area contributed by atoms with Gasteiger partial charge in [-0.2, -0.15) is 0 Å². The zero-order chi connectivity index (χ0) is 23.5. The Kier molecular flexibility index (Phi) is 6.57. The molecule has 0 saturated heterocycles. The van der Waals surface area contributed by atoms with Crippen LogP contribution in [0.2, 0.25) is 0 Å². The minimum Gasteiger partial charge on any atom is -0.306 e. The highest BCUT2D eigenvalue weighted by Crippen LogP contribution is 2.45. The van der Waals surface area contributed by atoms with E-state index in [9.17, 15) is 0 Å². The average molecular weight is 531 g/mol. The maximum atomic E-state index is 6.12. The Morgan fingerprint density at radius 2 is 1.09 bits per heavy atom.